The maximum absolute atomic E-state index is 10.7. The number of hydrogen-bond acceptors (Lipinski definition) is 5. The molecule has 100 valence electrons. The molecule has 2 aromatic rings. The summed E-state index contributed by atoms with van der Waals surface area (Å²) in [6.45, 7) is 3.19. The second kappa shape index (κ2) is 5.94. The minimum atomic E-state index is -0.946. The summed E-state index contributed by atoms with van der Waals surface area (Å²) in [5.41, 5.74) is 0.245. The third-order valence-electron chi connectivity index (χ3n) is 2.53. The van der Waals surface area contributed by atoms with Gasteiger partial charge in [0, 0.05) is 5.92 Å². The van der Waals surface area contributed by atoms with Crippen LogP contribution in [0.3, 0.4) is 0 Å². The van der Waals surface area contributed by atoms with E-state index in [-0.39, 0.29) is 11.5 Å². The molecule has 7 nitrogen and oxygen atoms in total. The molecule has 7 heteroatoms. The second-order valence-electron chi connectivity index (χ2n) is 4.28. The molecule has 2 rings (SSSR count). The van der Waals surface area contributed by atoms with E-state index in [1.54, 1.807) is 23.1 Å². The van der Waals surface area contributed by atoms with Gasteiger partial charge in [0.1, 0.15) is 12.1 Å². The van der Waals surface area contributed by atoms with Crippen LogP contribution in [0.2, 0.25) is 0 Å². The highest BCUT2D eigenvalue weighted by Crippen LogP contribution is 2.13. The Morgan fingerprint density at radius 1 is 1.42 bits per heavy atom. The lowest BCUT2D eigenvalue weighted by atomic mass is 10.2. The second-order valence-corrected chi connectivity index (χ2v) is 4.28. The van der Waals surface area contributed by atoms with Crippen molar-refractivity contribution < 1.29 is 14.6 Å². The Kier molecular flexibility index (Phi) is 4.07. The van der Waals surface area contributed by atoms with Crippen molar-refractivity contribution in [1.29, 1.82) is 0 Å². The molecule has 1 heterocycles. The SMILES string of the molecule is CC(COc1ccc(C(=O)O)cc1)Cn1cnnn1. The molecule has 1 N–H and O–H groups in total. The molecular formula is C12H14N4O3. The van der Waals surface area contributed by atoms with Crippen LogP contribution in [0, 0.1) is 5.92 Å². The molecule has 0 aliphatic carbocycles. The average molecular weight is 262 g/mol. The van der Waals surface area contributed by atoms with Crippen LogP contribution in [0.4, 0.5) is 0 Å². The lowest BCUT2D eigenvalue weighted by Gasteiger charge is -2.12. The fraction of sp³-hybridized carbons (Fsp3) is 0.333. The van der Waals surface area contributed by atoms with Gasteiger partial charge in [-0.05, 0) is 34.7 Å². The Bertz CT molecular complexity index is 524. The molecule has 0 aliphatic rings. The number of hydrogen-bond donors (Lipinski definition) is 1. The highest BCUT2D eigenvalue weighted by atomic mass is 16.5. The number of rotatable bonds is 6. The summed E-state index contributed by atoms with van der Waals surface area (Å²) in [6, 6.07) is 6.33. The van der Waals surface area contributed by atoms with Gasteiger partial charge in [0.2, 0.25) is 0 Å². The molecule has 0 fully saturated rings. The normalized spacial score (nSPS) is 12.1. The van der Waals surface area contributed by atoms with Gasteiger partial charge in [0.25, 0.3) is 0 Å². The van der Waals surface area contributed by atoms with Crippen LogP contribution in [0.1, 0.15) is 17.3 Å². The monoisotopic (exact) mass is 262 g/mol. The summed E-state index contributed by atoms with van der Waals surface area (Å²) in [7, 11) is 0. The number of nitrogens with zero attached hydrogens (tertiary/aromatic N) is 4. The van der Waals surface area contributed by atoms with Gasteiger partial charge in [-0.15, -0.1) is 5.10 Å². The molecular weight excluding hydrogens is 248 g/mol. The van der Waals surface area contributed by atoms with Gasteiger partial charge in [-0.2, -0.15) is 0 Å². The van der Waals surface area contributed by atoms with Crippen molar-refractivity contribution in [2.24, 2.45) is 5.92 Å². The molecule has 19 heavy (non-hydrogen) atoms. The summed E-state index contributed by atoms with van der Waals surface area (Å²) < 4.78 is 7.22. The fourth-order valence-electron chi connectivity index (χ4n) is 1.57. The molecule has 0 bridgehead atoms. The number of aromatic nitrogens is 4. The van der Waals surface area contributed by atoms with Crippen LogP contribution in [-0.2, 0) is 6.54 Å². The van der Waals surface area contributed by atoms with Crippen molar-refractivity contribution in [1.82, 2.24) is 20.2 Å². The van der Waals surface area contributed by atoms with E-state index in [0.29, 0.717) is 18.9 Å². The third kappa shape index (κ3) is 3.77. The first-order valence-electron chi connectivity index (χ1n) is 5.82. The van der Waals surface area contributed by atoms with Crippen LogP contribution < -0.4 is 4.74 Å². The Hall–Kier alpha value is -2.44. The molecule has 1 aromatic carbocycles. The minimum Gasteiger partial charge on any atom is -0.493 e. The van der Waals surface area contributed by atoms with Gasteiger partial charge in [0.05, 0.1) is 18.7 Å². The van der Waals surface area contributed by atoms with E-state index >= 15 is 0 Å². The third-order valence-corrected chi connectivity index (χ3v) is 2.53. The number of carbonyl (C=O) groups is 1. The molecule has 1 aromatic heterocycles. The summed E-state index contributed by atoms with van der Waals surface area (Å²) in [4.78, 5) is 10.7. The molecule has 0 saturated heterocycles. The molecule has 0 saturated carbocycles. The quantitative estimate of drug-likeness (QED) is 0.838. The Morgan fingerprint density at radius 2 is 2.16 bits per heavy atom. The van der Waals surface area contributed by atoms with E-state index in [9.17, 15) is 4.79 Å². The van der Waals surface area contributed by atoms with Crippen LogP contribution in [0.25, 0.3) is 0 Å². The van der Waals surface area contributed by atoms with Gasteiger partial charge < -0.3 is 9.84 Å². The number of carboxylic acid groups (broad SMARTS) is 1. The van der Waals surface area contributed by atoms with Gasteiger partial charge in [-0.1, -0.05) is 6.92 Å². The van der Waals surface area contributed by atoms with Gasteiger partial charge in [0.15, 0.2) is 0 Å². The van der Waals surface area contributed by atoms with E-state index in [0.717, 1.165) is 0 Å². The van der Waals surface area contributed by atoms with E-state index < -0.39 is 5.97 Å². The van der Waals surface area contributed by atoms with Crippen LogP contribution in [-0.4, -0.2) is 37.9 Å². The number of tetrazole rings is 1. The van der Waals surface area contributed by atoms with Crippen LogP contribution in [0.5, 0.6) is 5.75 Å². The summed E-state index contributed by atoms with van der Waals surface area (Å²) in [5, 5.41) is 19.7. The summed E-state index contributed by atoms with van der Waals surface area (Å²) in [6.07, 6.45) is 1.55. The topological polar surface area (TPSA) is 90.1 Å². The van der Waals surface area contributed by atoms with E-state index in [1.165, 1.54) is 12.1 Å². The first kappa shape index (κ1) is 13.0. The molecule has 0 amide bonds. The maximum atomic E-state index is 10.7. The summed E-state index contributed by atoms with van der Waals surface area (Å²) in [5.74, 6) is -0.0604. The molecule has 1 unspecified atom stereocenters. The lowest BCUT2D eigenvalue weighted by Crippen LogP contribution is -2.16. The van der Waals surface area contributed by atoms with Crippen molar-refractivity contribution in [3.8, 4) is 5.75 Å². The minimum absolute atomic E-state index is 0.239. The standard InChI is InChI=1S/C12H14N4O3/c1-9(6-16-8-13-14-15-16)7-19-11-4-2-10(3-5-11)12(17)18/h2-5,8-9H,6-7H2,1H3,(H,17,18). The van der Waals surface area contributed by atoms with Crippen molar-refractivity contribution in [3.05, 3.63) is 36.2 Å². The zero-order valence-corrected chi connectivity index (χ0v) is 10.4. The molecule has 0 radical (unpaired) electrons. The number of aromatic carboxylic acids is 1. The predicted octanol–water partition coefficient (Wildman–Crippen LogP) is 1.09. The predicted molar refractivity (Wildman–Crippen MR) is 65.9 cm³/mol. The van der Waals surface area contributed by atoms with E-state index in [4.69, 9.17) is 9.84 Å². The van der Waals surface area contributed by atoms with E-state index in [2.05, 4.69) is 15.5 Å². The van der Waals surface area contributed by atoms with Crippen LogP contribution in [0.15, 0.2) is 30.6 Å². The zero-order chi connectivity index (χ0) is 13.7. The number of benzene rings is 1. The molecule has 1 atom stereocenters. The van der Waals surface area contributed by atoms with Gasteiger partial charge >= 0.3 is 5.97 Å². The van der Waals surface area contributed by atoms with Crippen molar-refractivity contribution in [2.45, 2.75) is 13.5 Å². The average Bonchev–Trinajstić information content (AvgIpc) is 2.89. The first-order chi connectivity index (χ1) is 9.15. The molecule has 0 spiro atoms. The Morgan fingerprint density at radius 3 is 2.74 bits per heavy atom. The maximum Gasteiger partial charge on any atom is 0.335 e. The number of carboxylic acids is 1. The zero-order valence-electron chi connectivity index (χ0n) is 10.4. The largest absolute Gasteiger partial charge is 0.493 e. The van der Waals surface area contributed by atoms with E-state index in [1.807, 2.05) is 6.92 Å². The van der Waals surface area contributed by atoms with Crippen LogP contribution >= 0.6 is 0 Å². The lowest BCUT2D eigenvalue weighted by molar-refractivity contribution is 0.0697. The van der Waals surface area contributed by atoms with Crippen molar-refractivity contribution >= 4 is 5.97 Å². The van der Waals surface area contributed by atoms with Gasteiger partial charge in [-0.25, -0.2) is 9.48 Å². The Balaban J connectivity index is 1.83. The fourth-order valence-corrected chi connectivity index (χ4v) is 1.57. The smallest absolute Gasteiger partial charge is 0.335 e. The van der Waals surface area contributed by atoms with Gasteiger partial charge in [-0.3, -0.25) is 0 Å². The highest BCUT2D eigenvalue weighted by Gasteiger charge is 2.06. The Labute approximate surface area is 109 Å². The highest BCUT2D eigenvalue weighted by molar-refractivity contribution is 5.87. The van der Waals surface area contributed by atoms with Crippen molar-refractivity contribution in [3.63, 3.8) is 0 Å². The summed E-state index contributed by atoms with van der Waals surface area (Å²) >= 11 is 0. The molecule has 0 aliphatic heterocycles. The first-order valence-corrected chi connectivity index (χ1v) is 5.82. The number of ether oxygens (including phenoxy) is 1. The van der Waals surface area contributed by atoms with Crippen molar-refractivity contribution in [2.75, 3.05) is 6.61 Å².